The number of imidazole rings is 1. The summed E-state index contributed by atoms with van der Waals surface area (Å²) in [6.45, 7) is 0.960. The highest BCUT2D eigenvalue weighted by Gasteiger charge is 2.26. The van der Waals surface area contributed by atoms with Crippen LogP contribution in [0, 0.1) is 5.92 Å². The number of nitrogens with zero attached hydrogens (tertiary/aromatic N) is 3. The maximum Gasteiger partial charge on any atom is 0.335 e. The van der Waals surface area contributed by atoms with E-state index in [0.29, 0.717) is 17.2 Å². The minimum atomic E-state index is -0.995. The molecule has 2 aromatic carbocycles. The Morgan fingerprint density at radius 3 is 2.76 bits per heavy atom. The van der Waals surface area contributed by atoms with Crippen LogP contribution in [0.3, 0.4) is 0 Å². The standard InChI is InChI=1S/C22H20BrN3O3/c1-25-20-16(8-14(22(27)28)10-19(20)29-2)24-21(25)18-9-13-7-15(23)5-6-17(13)26(18)11-12-3-4-12/h5-10,12H,3-4,11H2,1-2H3,(H,27,28). The van der Waals surface area contributed by atoms with Crippen molar-refractivity contribution in [2.24, 2.45) is 13.0 Å². The number of carboxylic acids is 1. The van der Waals surface area contributed by atoms with Gasteiger partial charge < -0.3 is 19.0 Å². The van der Waals surface area contributed by atoms with Crippen LogP contribution >= 0.6 is 15.9 Å². The lowest BCUT2D eigenvalue weighted by molar-refractivity contribution is 0.0696. The van der Waals surface area contributed by atoms with Crippen molar-refractivity contribution in [3.8, 4) is 17.3 Å². The summed E-state index contributed by atoms with van der Waals surface area (Å²) in [7, 11) is 3.50. The number of hydrogen-bond donors (Lipinski definition) is 1. The fourth-order valence-corrected chi connectivity index (χ4v) is 4.38. The first kappa shape index (κ1) is 18.2. The molecule has 1 N–H and O–H groups in total. The average molecular weight is 454 g/mol. The maximum absolute atomic E-state index is 11.5. The Morgan fingerprint density at radius 2 is 2.07 bits per heavy atom. The number of carbonyl (C=O) groups is 1. The molecule has 0 unspecified atom stereocenters. The number of halogens is 1. The molecule has 1 saturated carbocycles. The molecule has 6 nitrogen and oxygen atoms in total. The summed E-state index contributed by atoms with van der Waals surface area (Å²) in [5.74, 6) is 1.02. The predicted octanol–water partition coefficient (Wildman–Crippen LogP) is 5.07. The lowest BCUT2D eigenvalue weighted by Crippen LogP contribution is -2.04. The molecule has 0 radical (unpaired) electrons. The van der Waals surface area contributed by atoms with Crippen LogP contribution in [-0.4, -0.2) is 32.3 Å². The van der Waals surface area contributed by atoms with E-state index in [1.165, 1.54) is 18.4 Å². The predicted molar refractivity (Wildman–Crippen MR) is 116 cm³/mol. The van der Waals surface area contributed by atoms with Gasteiger partial charge in [-0.05, 0) is 55.2 Å². The minimum absolute atomic E-state index is 0.168. The van der Waals surface area contributed by atoms with Gasteiger partial charge in [-0.1, -0.05) is 15.9 Å². The van der Waals surface area contributed by atoms with Crippen molar-refractivity contribution < 1.29 is 14.6 Å². The third-order valence-corrected chi connectivity index (χ3v) is 6.12. The third-order valence-electron chi connectivity index (χ3n) is 5.63. The Hall–Kier alpha value is -2.80. The Balaban J connectivity index is 1.78. The van der Waals surface area contributed by atoms with Gasteiger partial charge in [0.2, 0.25) is 0 Å². The van der Waals surface area contributed by atoms with E-state index < -0.39 is 5.97 Å². The summed E-state index contributed by atoms with van der Waals surface area (Å²) in [5.41, 5.74) is 3.78. The number of rotatable bonds is 5. The smallest absolute Gasteiger partial charge is 0.335 e. The number of hydrogen-bond acceptors (Lipinski definition) is 3. The summed E-state index contributed by atoms with van der Waals surface area (Å²) in [5, 5.41) is 10.6. The molecule has 0 spiro atoms. The fraction of sp³-hybridized carbons (Fsp3) is 0.273. The second kappa shape index (κ2) is 6.62. The number of carboxylic acid groups (broad SMARTS) is 1. The molecule has 1 aliphatic carbocycles. The van der Waals surface area contributed by atoms with Crippen LogP contribution in [0.25, 0.3) is 33.5 Å². The molecule has 2 heterocycles. The van der Waals surface area contributed by atoms with E-state index in [2.05, 4.69) is 44.8 Å². The fourth-order valence-electron chi connectivity index (χ4n) is 4.00. The molecule has 0 atom stereocenters. The Labute approximate surface area is 175 Å². The first-order chi connectivity index (χ1) is 14.0. The molecule has 0 saturated heterocycles. The molecular formula is C22H20BrN3O3. The van der Waals surface area contributed by atoms with Crippen LogP contribution in [-0.2, 0) is 13.6 Å². The topological polar surface area (TPSA) is 69.3 Å². The van der Waals surface area contributed by atoms with Crippen molar-refractivity contribution in [3.63, 3.8) is 0 Å². The van der Waals surface area contributed by atoms with E-state index in [0.717, 1.165) is 33.4 Å². The first-order valence-corrected chi connectivity index (χ1v) is 10.3. The molecule has 0 bridgehead atoms. The van der Waals surface area contributed by atoms with Gasteiger partial charge in [-0.2, -0.15) is 0 Å². The molecule has 4 aromatic rings. The van der Waals surface area contributed by atoms with Crippen LogP contribution < -0.4 is 4.74 Å². The summed E-state index contributed by atoms with van der Waals surface area (Å²) in [6, 6.07) is 11.6. The van der Waals surface area contributed by atoms with Crippen molar-refractivity contribution in [2.45, 2.75) is 19.4 Å². The zero-order valence-corrected chi connectivity index (χ0v) is 17.7. The quantitative estimate of drug-likeness (QED) is 0.457. The molecule has 7 heteroatoms. The zero-order chi connectivity index (χ0) is 20.3. The first-order valence-electron chi connectivity index (χ1n) is 9.53. The summed E-state index contributed by atoms with van der Waals surface area (Å²) in [4.78, 5) is 16.3. The maximum atomic E-state index is 11.5. The number of methoxy groups -OCH3 is 1. The lowest BCUT2D eigenvalue weighted by atomic mass is 10.2. The van der Waals surface area contributed by atoms with Gasteiger partial charge in [0, 0.05) is 29.0 Å². The van der Waals surface area contributed by atoms with Crippen molar-refractivity contribution in [3.05, 3.63) is 46.4 Å². The molecule has 2 aromatic heterocycles. The normalized spacial score (nSPS) is 14.0. The highest BCUT2D eigenvalue weighted by Crippen LogP contribution is 2.38. The minimum Gasteiger partial charge on any atom is -0.494 e. The lowest BCUT2D eigenvalue weighted by Gasteiger charge is -2.11. The van der Waals surface area contributed by atoms with E-state index in [1.54, 1.807) is 19.2 Å². The van der Waals surface area contributed by atoms with Gasteiger partial charge in [0.05, 0.1) is 23.9 Å². The van der Waals surface area contributed by atoms with Gasteiger partial charge in [0.15, 0.2) is 5.82 Å². The van der Waals surface area contributed by atoms with E-state index in [-0.39, 0.29) is 5.56 Å². The van der Waals surface area contributed by atoms with Crippen LogP contribution in [0.1, 0.15) is 23.2 Å². The number of aryl methyl sites for hydroxylation is 1. The van der Waals surface area contributed by atoms with E-state index >= 15 is 0 Å². The second-order valence-corrected chi connectivity index (χ2v) is 8.55. The van der Waals surface area contributed by atoms with Crippen LogP contribution in [0.4, 0.5) is 0 Å². The number of fused-ring (bicyclic) bond motifs is 2. The molecule has 29 heavy (non-hydrogen) atoms. The summed E-state index contributed by atoms with van der Waals surface area (Å²) in [6.07, 6.45) is 2.52. The highest BCUT2D eigenvalue weighted by molar-refractivity contribution is 9.10. The van der Waals surface area contributed by atoms with Gasteiger partial charge in [-0.15, -0.1) is 0 Å². The van der Waals surface area contributed by atoms with Crippen molar-refractivity contribution in [1.82, 2.24) is 14.1 Å². The third kappa shape index (κ3) is 3.00. The second-order valence-electron chi connectivity index (χ2n) is 7.63. The molecule has 1 aliphatic rings. The number of benzene rings is 2. The van der Waals surface area contributed by atoms with Gasteiger partial charge >= 0.3 is 5.97 Å². The number of aromatic carboxylic acids is 1. The van der Waals surface area contributed by atoms with Crippen molar-refractivity contribution in [2.75, 3.05) is 7.11 Å². The summed E-state index contributed by atoms with van der Waals surface area (Å²) < 4.78 is 10.9. The largest absolute Gasteiger partial charge is 0.494 e. The average Bonchev–Trinajstić information content (AvgIpc) is 3.37. The van der Waals surface area contributed by atoms with Gasteiger partial charge in [-0.3, -0.25) is 0 Å². The van der Waals surface area contributed by atoms with E-state index in [9.17, 15) is 9.90 Å². The molecule has 0 amide bonds. The molecule has 1 fully saturated rings. The van der Waals surface area contributed by atoms with E-state index in [1.807, 2.05) is 11.6 Å². The van der Waals surface area contributed by atoms with Gasteiger partial charge in [-0.25, -0.2) is 9.78 Å². The van der Waals surface area contributed by atoms with Crippen molar-refractivity contribution >= 4 is 43.8 Å². The Bertz CT molecular complexity index is 1280. The SMILES string of the molecule is COc1cc(C(=O)O)cc2nc(-c3cc4cc(Br)ccc4n3CC3CC3)n(C)c12. The van der Waals surface area contributed by atoms with E-state index in [4.69, 9.17) is 9.72 Å². The van der Waals surface area contributed by atoms with Crippen LogP contribution in [0.15, 0.2) is 40.9 Å². The van der Waals surface area contributed by atoms with Crippen LogP contribution in [0.2, 0.25) is 0 Å². The Kier molecular flexibility index (Phi) is 4.17. The zero-order valence-electron chi connectivity index (χ0n) is 16.1. The number of ether oxygens (including phenoxy) is 1. The summed E-state index contributed by atoms with van der Waals surface area (Å²) >= 11 is 3.57. The van der Waals surface area contributed by atoms with Gasteiger partial charge in [0.25, 0.3) is 0 Å². The molecule has 0 aliphatic heterocycles. The monoisotopic (exact) mass is 453 g/mol. The molecular weight excluding hydrogens is 434 g/mol. The van der Waals surface area contributed by atoms with Crippen LogP contribution in [0.5, 0.6) is 5.75 Å². The Morgan fingerprint density at radius 1 is 1.28 bits per heavy atom. The molecule has 148 valence electrons. The van der Waals surface area contributed by atoms with Gasteiger partial charge in [0.1, 0.15) is 11.3 Å². The van der Waals surface area contributed by atoms with Crippen molar-refractivity contribution in [1.29, 1.82) is 0 Å². The highest BCUT2D eigenvalue weighted by atomic mass is 79.9. The number of aromatic nitrogens is 3. The molecule has 5 rings (SSSR count).